The van der Waals surface area contributed by atoms with Gasteiger partial charge in [0.1, 0.15) is 40.9 Å². The first-order chi connectivity index (χ1) is 27.9. The molecule has 0 unspecified atom stereocenters. The normalized spacial score (nSPS) is 17.9. The highest BCUT2D eigenvalue weighted by atomic mass is 19.1. The van der Waals surface area contributed by atoms with Crippen LogP contribution in [0.3, 0.4) is 0 Å². The molecule has 0 radical (unpaired) electrons. The number of fused-ring (bicyclic) bond motifs is 1. The van der Waals surface area contributed by atoms with Gasteiger partial charge < -0.3 is 44.3 Å². The number of carbonyl (C=O) groups is 4. The number of alkyl carbamates (subject to hydrolysis) is 2. The number of aromatic nitrogens is 4. The zero-order valence-corrected chi connectivity index (χ0v) is 33.4. The summed E-state index contributed by atoms with van der Waals surface area (Å²) in [4.78, 5) is 70.5. The molecule has 2 fully saturated rings. The zero-order chi connectivity index (χ0) is 41.2. The van der Waals surface area contributed by atoms with Crippen molar-refractivity contribution in [2.75, 3.05) is 27.3 Å². The Balaban J connectivity index is 1.06. The summed E-state index contributed by atoms with van der Waals surface area (Å²) >= 11 is 0. The number of carbonyl (C=O) groups excluding carboxylic acids is 4. The van der Waals surface area contributed by atoms with Crippen LogP contribution in [0, 0.1) is 17.7 Å². The van der Waals surface area contributed by atoms with Crippen molar-refractivity contribution < 1.29 is 37.5 Å². The summed E-state index contributed by atoms with van der Waals surface area (Å²) < 4.78 is 31.4. The van der Waals surface area contributed by atoms with Gasteiger partial charge in [-0.25, -0.2) is 23.9 Å². The Morgan fingerprint density at radius 3 is 1.74 bits per heavy atom. The molecule has 5 aromatic rings. The minimum Gasteiger partial charge on any atom is -0.456 e. The van der Waals surface area contributed by atoms with Crippen LogP contribution < -0.4 is 10.6 Å². The van der Waals surface area contributed by atoms with Gasteiger partial charge in [-0.1, -0.05) is 33.8 Å². The molecule has 2 saturated heterocycles. The molecule has 0 aliphatic carbocycles. The van der Waals surface area contributed by atoms with Gasteiger partial charge in [0, 0.05) is 29.6 Å². The van der Waals surface area contributed by atoms with Crippen LogP contribution in [0.1, 0.15) is 77.1 Å². The van der Waals surface area contributed by atoms with Gasteiger partial charge in [0.05, 0.1) is 55.6 Å². The number of benzene rings is 2. The van der Waals surface area contributed by atoms with Crippen LogP contribution in [-0.2, 0) is 19.1 Å². The van der Waals surface area contributed by atoms with E-state index in [9.17, 15) is 19.2 Å². The number of H-pyrrole nitrogens is 2. The highest BCUT2D eigenvalue weighted by molar-refractivity contribution is 5.88. The fourth-order valence-corrected chi connectivity index (χ4v) is 7.92. The maximum absolute atomic E-state index is 15.8. The van der Waals surface area contributed by atoms with Crippen molar-refractivity contribution in [1.82, 2.24) is 40.4 Å². The number of ether oxygens (including phenoxy) is 2. The molecule has 0 saturated carbocycles. The number of likely N-dealkylation sites (tertiary alicyclic amines) is 2. The standard InChI is InChI=1S/C42H49FN8O7/c1-22(2)35(48-41(54)56-5)39(52)50-15-7-9-31(50)37-44-20-29(46-37)24-12-14-33-26(17-24)19-34(58-33)27-13-11-25(18-28(27)43)30-21-45-38(47-30)32-10-8-16-51(32)40(53)36(23(3)4)49-42(55)57-6/h11-14,17-23,31-32,35-36H,7-10,15-16H2,1-6H3,(H,44,46)(H,45,47)(H,48,54)(H,49,55)/t31-,32-,35-,36-/m0/s1. The Bertz CT molecular complexity index is 2310. The van der Waals surface area contributed by atoms with E-state index in [0.29, 0.717) is 59.3 Å². The second-order valence-electron chi connectivity index (χ2n) is 15.5. The molecule has 4 amide bonds. The van der Waals surface area contributed by atoms with E-state index in [1.54, 1.807) is 40.4 Å². The van der Waals surface area contributed by atoms with Crippen molar-refractivity contribution in [3.05, 3.63) is 72.3 Å². The minimum atomic E-state index is -0.748. The lowest BCUT2D eigenvalue weighted by Gasteiger charge is -2.30. The molecule has 58 heavy (non-hydrogen) atoms. The summed E-state index contributed by atoms with van der Waals surface area (Å²) in [6, 6.07) is 10.3. The highest BCUT2D eigenvalue weighted by Gasteiger charge is 2.39. The van der Waals surface area contributed by atoms with E-state index in [-0.39, 0.29) is 35.7 Å². The maximum atomic E-state index is 15.8. The number of halogens is 1. The third-order valence-electron chi connectivity index (χ3n) is 11.0. The second kappa shape index (κ2) is 16.7. The first-order valence-electron chi connectivity index (χ1n) is 19.6. The third-order valence-corrected chi connectivity index (χ3v) is 11.0. The van der Waals surface area contributed by atoms with Crippen LogP contribution >= 0.6 is 0 Å². The van der Waals surface area contributed by atoms with Crippen molar-refractivity contribution in [3.8, 4) is 33.8 Å². The number of hydrogen-bond donors (Lipinski definition) is 4. The summed E-state index contributed by atoms with van der Waals surface area (Å²) in [5.74, 6) is 0.449. The fourth-order valence-electron chi connectivity index (χ4n) is 7.92. The number of nitrogens with zero attached hydrogens (tertiary/aromatic N) is 4. The van der Waals surface area contributed by atoms with Gasteiger partial charge >= 0.3 is 12.2 Å². The lowest BCUT2D eigenvalue weighted by atomic mass is 10.0. The van der Waals surface area contributed by atoms with E-state index >= 15 is 4.39 Å². The molecule has 0 bridgehead atoms. The first-order valence-corrected chi connectivity index (χ1v) is 19.6. The summed E-state index contributed by atoms with van der Waals surface area (Å²) in [6.07, 6.45) is 5.06. The van der Waals surface area contributed by atoms with E-state index in [2.05, 4.69) is 30.6 Å². The van der Waals surface area contributed by atoms with Gasteiger partial charge in [-0.2, -0.15) is 0 Å². The van der Waals surface area contributed by atoms with Crippen molar-refractivity contribution >= 4 is 35.0 Å². The van der Waals surface area contributed by atoms with Crippen molar-refractivity contribution in [2.45, 2.75) is 77.5 Å². The van der Waals surface area contributed by atoms with Crippen LogP contribution in [0.25, 0.3) is 44.8 Å². The van der Waals surface area contributed by atoms with Gasteiger partial charge in [0.25, 0.3) is 0 Å². The van der Waals surface area contributed by atoms with Crippen LogP contribution in [0.2, 0.25) is 0 Å². The summed E-state index contributed by atoms with van der Waals surface area (Å²) in [5, 5.41) is 6.10. The van der Waals surface area contributed by atoms with E-state index in [4.69, 9.17) is 13.9 Å². The molecule has 2 aromatic carbocycles. The molecule has 3 aromatic heterocycles. The minimum absolute atomic E-state index is 0.140. The van der Waals surface area contributed by atoms with Crippen LogP contribution in [-0.4, -0.2) is 93.1 Å². The molecule has 0 spiro atoms. The maximum Gasteiger partial charge on any atom is 0.407 e. The van der Waals surface area contributed by atoms with Crippen LogP contribution in [0.5, 0.6) is 0 Å². The van der Waals surface area contributed by atoms with Crippen molar-refractivity contribution in [2.24, 2.45) is 11.8 Å². The number of aromatic amines is 2. The van der Waals surface area contributed by atoms with Gasteiger partial charge in [0.2, 0.25) is 11.8 Å². The molecule has 2 aliphatic heterocycles. The lowest BCUT2D eigenvalue weighted by Crippen LogP contribution is -2.51. The van der Waals surface area contributed by atoms with Crippen molar-refractivity contribution in [3.63, 3.8) is 0 Å². The largest absolute Gasteiger partial charge is 0.456 e. The highest BCUT2D eigenvalue weighted by Crippen LogP contribution is 2.37. The summed E-state index contributed by atoms with van der Waals surface area (Å²) in [7, 11) is 2.53. The molecule has 5 heterocycles. The van der Waals surface area contributed by atoms with Gasteiger partial charge in [0.15, 0.2) is 0 Å². The number of nitrogens with one attached hydrogen (secondary N) is 4. The SMILES string of the molecule is COC(=O)N[C@H](C(=O)N1CCC[C@H]1c1ncc(-c2ccc(-c3cc4cc(-c5cnc([C@@H]6CCCN6C(=O)[C@@H](NC(=O)OC)C(C)C)[nH]5)ccc4o3)c(F)c2)[nH]1)C(C)C. The molecule has 7 rings (SSSR count). The Labute approximate surface area is 335 Å². The first kappa shape index (κ1) is 40.0. The molecule has 15 nitrogen and oxygen atoms in total. The Morgan fingerprint density at radius 1 is 0.759 bits per heavy atom. The molecule has 4 atom stereocenters. The van der Waals surface area contributed by atoms with Crippen LogP contribution in [0.4, 0.5) is 14.0 Å². The Kier molecular flexibility index (Phi) is 11.5. The van der Waals surface area contributed by atoms with E-state index in [1.165, 1.54) is 20.3 Å². The summed E-state index contributed by atoms with van der Waals surface area (Å²) in [6.45, 7) is 8.55. The zero-order valence-electron chi connectivity index (χ0n) is 33.4. The number of hydrogen-bond acceptors (Lipinski definition) is 9. The molecule has 2 aliphatic rings. The van der Waals surface area contributed by atoms with Crippen LogP contribution in [0.15, 0.2) is 59.3 Å². The molecular weight excluding hydrogens is 748 g/mol. The molecule has 4 N–H and O–H groups in total. The smallest absolute Gasteiger partial charge is 0.407 e. The number of amides is 4. The Hall–Kier alpha value is -6.19. The predicted molar refractivity (Wildman–Crippen MR) is 212 cm³/mol. The van der Waals surface area contributed by atoms with E-state index < -0.39 is 30.1 Å². The second-order valence-corrected chi connectivity index (χ2v) is 15.5. The van der Waals surface area contributed by atoms with Gasteiger partial charge in [-0.05, 0) is 73.9 Å². The topological polar surface area (TPSA) is 188 Å². The van der Waals surface area contributed by atoms with E-state index in [0.717, 1.165) is 35.9 Å². The molecule has 16 heteroatoms. The monoisotopic (exact) mass is 796 g/mol. The molecule has 306 valence electrons. The number of furan rings is 1. The fraction of sp³-hybridized carbons (Fsp3) is 0.429. The van der Waals surface area contributed by atoms with E-state index in [1.807, 2.05) is 45.9 Å². The number of rotatable bonds is 11. The van der Waals surface area contributed by atoms with Gasteiger partial charge in [-0.15, -0.1) is 0 Å². The third kappa shape index (κ3) is 8.00. The predicted octanol–water partition coefficient (Wildman–Crippen LogP) is 7.11. The average molecular weight is 797 g/mol. The average Bonchev–Trinajstić information content (AvgIpc) is 4.06. The Morgan fingerprint density at radius 2 is 1.26 bits per heavy atom. The van der Waals surface area contributed by atoms with Gasteiger partial charge in [-0.3, -0.25) is 9.59 Å². The lowest BCUT2D eigenvalue weighted by molar-refractivity contribution is -0.136. The quantitative estimate of drug-likeness (QED) is 0.108. The summed E-state index contributed by atoms with van der Waals surface area (Å²) in [5.41, 5.74) is 3.66. The number of imidazole rings is 2. The molecular formula is C42H49FN8O7. The number of methoxy groups -OCH3 is 2. The van der Waals surface area contributed by atoms with Crippen molar-refractivity contribution in [1.29, 1.82) is 0 Å².